The maximum absolute atomic E-state index is 10.4. The Kier molecular flexibility index (Phi) is 9.78. The number of para-hydroxylation sites is 1. The summed E-state index contributed by atoms with van der Waals surface area (Å²) >= 11 is 0. The van der Waals surface area contributed by atoms with Crippen molar-refractivity contribution in [2.75, 3.05) is 0 Å². The van der Waals surface area contributed by atoms with Crippen LogP contribution in [0.3, 0.4) is 0 Å². The summed E-state index contributed by atoms with van der Waals surface area (Å²) in [6.07, 6.45) is 11.1. The number of benzene rings is 2. The first-order valence-corrected chi connectivity index (χ1v) is 12.0. The van der Waals surface area contributed by atoms with Gasteiger partial charge in [-0.15, -0.1) is 0 Å². The van der Waals surface area contributed by atoms with Crippen LogP contribution in [-0.4, -0.2) is 5.11 Å². The highest BCUT2D eigenvalue weighted by atomic mass is 16.3. The molecule has 0 heterocycles. The van der Waals surface area contributed by atoms with Crippen LogP contribution in [0.5, 0.6) is 5.75 Å². The van der Waals surface area contributed by atoms with Crippen molar-refractivity contribution in [3.05, 3.63) is 64.2 Å². The van der Waals surface area contributed by atoms with Crippen molar-refractivity contribution in [2.24, 2.45) is 0 Å². The summed E-state index contributed by atoms with van der Waals surface area (Å²) in [5.74, 6) is 1.10. The number of rotatable bonds is 12. The van der Waals surface area contributed by atoms with E-state index in [2.05, 4.69) is 52.8 Å². The summed E-state index contributed by atoms with van der Waals surface area (Å²) in [6.45, 7) is 11.5. The highest BCUT2D eigenvalue weighted by Gasteiger charge is 2.23. The Morgan fingerprint density at radius 2 is 1.21 bits per heavy atom. The predicted molar refractivity (Wildman–Crippen MR) is 127 cm³/mol. The van der Waals surface area contributed by atoms with Crippen molar-refractivity contribution >= 4 is 0 Å². The Morgan fingerprint density at radius 3 is 1.83 bits per heavy atom. The lowest BCUT2D eigenvalue weighted by atomic mass is 9.78. The molecule has 0 aromatic heterocycles. The molecular formula is C28H42O. The van der Waals surface area contributed by atoms with Gasteiger partial charge in [0.25, 0.3) is 0 Å². The maximum atomic E-state index is 10.4. The quantitative estimate of drug-likeness (QED) is 0.383. The third kappa shape index (κ3) is 6.11. The fourth-order valence-electron chi connectivity index (χ4n) is 4.51. The molecule has 2 unspecified atom stereocenters. The number of unbranched alkanes of at least 4 members (excludes halogenated alkanes) is 3. The average molecular weight is 395 g/mol. The number of phenols is 1. The van der Waals surface area contributed by atoms with E-state index in [1.165, 1.54) is 63.4 Å². The van der Waals surface area contributed by atoms with Crippen LogP contribution >= 0.6 is 0 Å². The number of aromatic hydroxyl groups is 1. The van der Waals surface area contributed by atoms with Gasteiger partial charge < -0.3 is 5.11 Å². The Balaban J connectivity index is 2.48. The molecule has 0 spiro atoms. The third-order valence-corrected chi connectivity index (χ3v) is 6.59. The fourth-order valence-corrected chi connectivity index (χ4v) is 4.51. The summed E-state index contributed by atoms with van der Waals surface area (Å²) in [6, 6.07) is 12.7. The van der Waals surface area contributed by atoms with Crippen LogP contribution in [0.15, 0.2) is 36.4 Å². The summed E-state index contributed by atoms with van der Waals surface area (Å²) in [5.41, 5.74) is 7.40. The first kappa shape index (κ1) is 23.5. The van der Waals surface area contributed by atoms with Gasteiger partial charge >= 0.3 is 0 Å². The molecule has 0 aliphatic carbocycles. The highest BCUT2D eigenvalue weighted by molar-refractivity contribution is 5.46. The van der Waals surface area contributed by atoms with Gasteiger partial charge in [-0.05, 0) is 84.2 Å². The van der Waals surface area contributed by atoms with Gasteiger partial charge in [0.2, 0.25) is 0 Å². The Labute approximate surface area is 179 Å². The van der Waals surface area contributed by atoms with Crippen molar-refractivity contribution in [1.29, 1.82) is 0 Å². The van der Waals surface area contributed by atoms with E-state index in [4.69, 9.17) is 0 Å². The van der Waals surface area contributed by atoms with E-state index in [-0.39, 0.29) is 5.92 Å². The van der Waals surface area contributed by atoms with Gasteiger partial charge in [0, 0.05) is 0 Å². The lowest BCUT2D eigenvalue weighted by Gasteiger charge is -2.27. The number of hydrogen-bond donors (Lipinski definition) is 1. The summed E-state index contributed by atoms with van der Waals surface area (Å²) in [5, 5.41) is 10.4. The first-order chi connectivity index (χ1) is 14.0. The predicted octanol–water partition coefficient (Wildman–Crippen LogP) is 8.33. The molecule has 160 valence electrons. The molecule has 0 aliphatic rings. The molecule has 1 N–H and O–H groups in total. The number of phenolic OH excluding ortho intramolecular Hbond substituents is 1. The van der Waals surface area contributed by atoms with E-state index in [0.29, 0.717) is 11.7 Å². The second-order valence-electron chi connectivity index (χ2n) is 8.72. The molecule has 0 amide bonds. The second kappa shape index (κ2) is 12.1. The van der Waals surface area contributed by atoms with Gasteiger partial charge in [0.05, 0.1) is 0 Å². The van der Waals surface area contributed by atoms with E-state index in [9.17, 15) is 5.11 Å². The van der Waals surface area contributed by atoms with Crippen LogP contribution in [0.25, 0.3) is 0 Å². The molecule has 2 atom stereocenters. The smallest absolute Gasteiger partial charge is 0.119 e. The summed E-state index contributed by atoms with van der Waals surface area (Å²) < 4.78 is 0. The van der Waals surface area contributed by atoms with Crippen LogP contribution in [0.4, 0.5) is 0 Å². The molecule has 2 aromatic rings. The minimum absolute atomic E-state index is 0.289. The van der Waals surface area contributed by atoms with Crippen LogP contribution in [-0.2, 0) is 19.3 Å². The lowest BCUT2D eigenvalue weighted by molar-refractivity contribution is 0.456. The van der Waals surface area contributed by atoms with E-state index >= 15 is 0 Å². The van der Waals surface area contributed by atoms with Gasteiger partial charge in [0.1, 0.15) is 5.75 Å². The van der Waals surface area contributed by atoms with Crippen LogP contribution in [0, 0.1) is 0 Å². The SMILES string of the molecule is CCCCc1ccc(C(C)C(C)c2ccccc2O)c(CCCC)c1CCCC. The van der Waals surface area contributed by atoms with Crippen LogP contribution in [0.2, 0.25) is 0 Å². The molecule has 1 nitrogen and oxygen atoms in total. The normalized spacial score (nSPS) is 13.4. The number of aryl methyl sites for hydroxylation is 1. The molecule has 29 heavy (non-hydrogen) atoms. The Morgan fingerprint density at radius 1 is 0.655 bits per heavy atom. The van der Waals surface area contributed by atoms with E-state index < -0.39 is 0 Å². The Bertz CT molecular complexity index is 746. The Hall–Kier alpha value is -1.76. The molecule has 2 aromatic carbocycles. The second-order valence-corrected chi connectivity index (χ2v) is 8.72. The van der Waals surface area contributed by atoms with Gasteiger partial charge in [0.15, 0.2) is 0 Å². The topological polar surface area (TPSA) is 20.2 Å². The van der Waals surface area contributed by atoms with Gasteiger partial charge in [-0.3, -0.25) is 0 Å². The zero-order valence-electron chi connectivity index (χ0n) is 19.4. The lowest BCUT2D eigenvalue weighted by Crippen LogP contribution is -2.12. The van der Waals surface area contributed by atoms with E-state index in [0.717, 1.165) is 5.56 Å². The molecular weight excluding hydrogens is 352 g/mol. The van der Waals surface area contributed by atoms with Crippen LogP contribution < -0.4 is 0 Å². The number of hydrogen-bond acceptors (Lipinski definition) is 1. The molecule has 1 heteroatoms. The molecule has 2 rings (SSSR count). The molecule has 0 saturated carbocycles. The molecule has 0 aliphatic heterocycles. The van der Waals surface area contributed by atoms with E-state index in [1.54, 1.807) is 16.7 Å². The van der Waals surface area contributed by atoms with Crippen molar-refractivity contribution in [3.8, 4) is 5.75 Å². The van der Waals surface area contributed by atoms with Crippen molar-refractivity contribution in [2.45, 2.75) is 104 Å². The zero-order valence-corrected chi connectivity index (χ0v) is 19.4. The monoisotopic (exact) mass is 394 g/mol. The summed E-state index contributed by atoms with van der Waals surface area (Å²) in [7, 11) is 0. The maximum Gasteiger partial charge on any atom is 0.119 e. The van der Waals surface area contributed by atoms with E-state index in [1.807, 2.05) is 18.2 Å². The van der Waals surface area contributed by atoms with Crippen molar-refractivity contribution in [1.82, 2.24) is 0 Å². The standard InChI is InChI=1S/C28H42O/c1-6-9-14-23-19-20-24(27(16-11-8-3)26(23)15-10-7-2)21(4)22(5)25-17-12-13-18-28(25)29/h12-13,17-22,29H,6-11,14-16H2,1-5H3. The van der Waals surface area contributed by atoms with Gasteiger partial charge in [-0.25, -0.2) is 0 Å². The zero-order chi connectivity index (χ0) is 21.2. The third-order valence-electron chi connectivity index (χ3n) is 6.59. The largest absolute Gasteiger partial charge is 0.508 e. The minimum atomic E-state index is 0.289. The van der Waals surface area contributed by atoms with Gasteiger partial charge in [-0.2, -0.15) is 0 Å². The fraction of sp³-hybridized carbons (Fsp3) is 0.571. The van der Waals surface area contributed by atoms with Gasteiger partial charge in [-0.1, -0.05) is 84.2 Å². The molecule has 0 bridgehead atoms. The van der Waals surface area contributed by atoms with Crippen LogP contribution in [0.1, 0.15) is 113 Å². The first-order valence-electron chi connectivity index (χ1n) is 12.0. The summed E-state index contributed by atoms with van der Waals surface area (Å²) in [4.78, 5) is 0. The average Bonchev–Trinajstić information content (AvgIpc) is 2.74. The molecule has 0 radical (unpaired) electrons. The molecule has 0 fully saturated rings. The van der Waals surface area contributed by atoms with Crippen molar-refractivity contribution < 1.29 is 5.11 Å². The highest BCUT2D eigenvalue weighted by Crippen LogP contribution is 2.39. The van der Waals surface area contributed by atoms with Crippen molar-refractivity contribution in [3.63, 3.8) is 0 Å². The molecule has 0 saturated heterocycles. The minimum Gasteiger partial charge on any atom is -0.508 e.